The van der Waals surface area contributed by atoms with Gasteiger partial charge in [-0.2, -0.15) is 4.98 Å². The molecule has 0 aromatic carbocycles. The first-order valence-electron chi connectivity index (χ1n) is 14.2. The van der Waals surface area contributed by atoms with Gasteiger partial charge in [0, 0.05) is 25.0 Å². The van der Waals surface area contributed by atoms with Crippen molar-refractivity contribution in [2.24, 2.45) is 17.8 Å². The first-order valence-corrected chi connectivity index (χ1v) is 14.2. The van der Waals surface area contributed by atoms with Gasteiger partial charge in [0.25, 0.3) is 0 Å². The highest BCUT2D eigenvalue weighted by Crippen LogP contribution is 2.36. The zero-order chi connectivity index (χ0) is 27.6. The number of allylic oxidation sites excluding steroid dienone is 1. The number of nitrogens with one attached hydrogen (secondary N) is 3. The van der Waals surface area contributed by atoms with Gasteiger partial charge in [-0.25, -0.2) is 14.8 Å². The second kappa shape index (κ2) is 11.2. The highest BCUT2D eigenvalue weighted by atomic mass is 16.5. The Bertz CT molecular complexity index is 1520. The number of aromatic nitrogens is 8. The summed E-state index contributed by atoms with van der Waals surface area (Å²) < 4.78 is 6.96. The molecule has 4 aromatic rings. The van der Waals surface area contributed by atoms with Crippen LogP contribution < -0.4 is 16.4 Å². The third-order valence-corrected chi connectivity index (χ3v) is 8.51. The summed E-state index contributed by atoms with van der Waals surface area (Å²) in [6.45, 7) is 9.03. The fourth-order valence-corrected chi connectivity index (χ4v) is 5.80. The van der Waals surface area contributed by atoms with Gasteiger partial charge in [0.15, 0.2) is 11.5 Å². The number of imidazole rings is 1. The fraction of sp³-hybridized carbons (Fsp3) is 0.536. The zero-order valence-corrected chi connectivity index (χ0v) is 23.0. The van der Waals surface area contributed by atoms with Crippen LogP contribution in [0, 0.1) is 17.8 Å². The molecule has 40 heavy (non-hydrogen) atoms. The number of aromatic amines is 1. The summed E-state index contributed by atoms with van der Waals surface area (Å²) in [5, 5.41) is 11.1. The molecule has 4 aromatic heterocycles. The lowest BCUT2D eigenvalue weighted by Gasteiger charge is -2.32. The largest absolute Gasteiger partial charge is 0.439 e. The molecule has 3 N–H and O–H groups in total. The molecule has 2 aliphatic carbocycles. The summed E-state index contributed by atoms with van der Waals surface area (Å²) in [5.74, 6) is 2.80. The summed E-state index contributed by atoms with van der Waals surface area (Å²) in [4.78, 5) is 37.5. The summed E-state index contributed by atoms with van der Waals surface area (Å²) in [6.07, 6.45) is 15.4. The summed E-state index contributed by atoms with van der Waals surface area (Å²) in [6, 6.07) is 0.0859. The van der Waals surface area contributed by atoms with Crippen LogP contribution in [0.25, 0.3) is 22.8 Å². The molecule has 0 bridgehead atoms. The lowest BCUT2D eigenvalue weighted by Crippen LogP contribution is -2.31. The third kappa shape index (κ3) is 5.34. The van der Waals surface area contributed by atoms with Crippen LogP contribution in [0.4, 0.5) is 11.8 Å². The molecule has 210 valence electrons. The van der Waals surface area contributed by atoms with Crippen molar-refractivity contribution in [3.63, 3.8) is 0 Å². The van der Waals surface area contributed by atoms with Crippen molar-refractivity contribution in [3.05, 3.63) is 47.5 Å². The molecule has 2 atom stereocenters. The Morgan fingerprint density at radius 1 is 1.12 bits per heavy atom. The van der Waals surface area contributed by atoms with Gasteiger partial charge in [-0.1, -0.05) is 17.7 Å². The highest BCUT2D eigenvalue weighted by molar-refractivity contribution is 5.87. The van der Waals surface area contributed by atoms with E-state index in [0.29, 0.717) is 35.2 Å². The Morgan fingerprint density at radius 3 is 2.60 bits per heavy atom. The minimum Gasteiger partial charge on any atom is -0.365 e. The van der Waals surface area contributed by atoms with E-state index in [-0.39, 0.29) is 23.7 Å². The monoisotopic (exact) mass is 544 g/mol. The van der Waals surface area contributed by atoms with Crippen molar-refractivity contribution in [2.45, 2.75) is 77.4 Å². The number of anilines is 2. The van der Waals surface area contributed by atoms with E-state index in [1.165, 1.54) is 19.3 Å². The van der Waals surface area contributed by atoms with Crippen LogP contribution in [0.15, 0.2) is 40.6 Å². The zero-order valence-electron chi connectivity index (χ0n) is 23.0. The fourth-order valence-electron chi connectivity index (χ4n) is 5.80. The summed E-state index contributed by atoms with van der Waals surface area (Å²) in [7, 11) is 0. The van der Waals surface area contributed by atoms with Gasteiger partial charge < -0.3 is 15.2 Å². The number of fused-ring (bicyclic) bond motifs is 1. The molecule has 12 nitrogen and oxygen atoms in total. The normalized spacial score (nSPS) is 21.1. The number of hydrogen-bond donors (Lipinski definition) is 3. The van der Waals surface area contributed by atoms with Gasteiger partial charge >= 0.3 is 5.76 Å². The van der Waals surface area contributed by atoms with Gasteiger partial charge in [0.2, 0.25) is 17.6 Å². The molecular weight excluding hydrogens is 508 g/mol. The Kier molecular flexibility index (Phi) is 7.31. The summed E-state index contributed by atoms with van der Waals surface area (Å²) in [5.41, 5.74) is 2.17. The van der Waals surface area contributed by atoms with Crippen LogP contribution in [0.3, 0.4) is 0 Å². The Balaban J connectivity index is 1.44. The van der Waals surface area contributed by atoms with E-state index in [4.69, 9.17) is 19.5 Å². The minimum absolute atomic E-state index is 0.134. The van der Waals surface area contributed by atoms with Crippen molar-refractivity contribution < 1.29 is 4.52 Å². The maximum Gasteiger partial charge on any atom is 0.439 e. The molecule has 0 amide bonds. The molecule has 0 spiro atoms. The SMILES string of the molecule is C=CC1CCC(Cn2c(NC(C)c3cnccn3)nc3nc(-c4noc(=O)[nH]4)nc(NC(C)C4CCC4)c32)CC1. The van der Waals surface area contributed by atoms with Crippen molar-refractivity contribution in [3.8, 4) is 11.6 Å². The lowest BCUT2D eigenvalue weighted by molar-refractivity contribution is 0.283. The van der Waals surface area contributed by atoms with E-state index in [2.05, 4.69) is 54.9 Å². The van der Waals surface area contributed by atoms with Crippen molar-refractivity contribution in [2.75, 3.05) is 10.6 Å². The summed E-state index contributed by atoms with van der Waals surface area (Å²) >= 11 is 0. The maximum atomic E-state index is 11.7. The van der Waals surface area contributed by atoms with E-state index in [9.17, 15) is 4.79 Å². The van der Waals surface area contributed by atoms with Crippen LogP contribution in [0.1, 0.15) is 70.5 Å². The van der Waals surface area contributed by atoms with Crippen LogP contribution in [-0.2, 0) is 6.54 Å². The predicted molar refractivity (Wildman–Crippen MR) is 152 cm³/mol. The Hall–Kier alpha value is -4.09. The molecule has 0 aliphatic heterocycles. The first kappa shape index (κ1) is 26.1. The van der Waals surface area contributed by atoms with Gasteiger partial charge in [0.05, 0.1) is 17.9 Å². The first-order chi connectivity index (χ1) is 19.5. The predicted octanol–water partition coefficient (Wildman–Crippen LogP) is 4.73. The third-order valence-electron chi connectivity index (χ3n) is 8.51. The number of hydrogen-bond acceptors (Lipinski definition) is 10. The van der Waals surface area contributed by atoms with E-state index < -0.39 is 5.76 Å². The van der Waals surface area contributed by atoms with E-state index in [1.807, 2.05) is 6.92 Å². The maximum absolute atomic E-state index is 11.7. The number of H-pyrrole nitrogens is 1. The smallest absolute Gasteiger partial charge is 0.365 e. The molecule has 2 aliphatic rings. The van der Waals surface area contributed by atoms with Crippen LogP contribution in [-0.4, -0.2) is 45.7 Å². The van der Waals surface area contributed by atoms with E-state index >= 15 is 0 Å². The number of nitrogens with zero attached hydrogens (tertiary/aromatic N) is 7. The van der Waals surface area contributed by atoms with Crippen molar-refractivity contribution in [1.29, 1.82) is 0 Å². The molecule has 2 saturated carbocycles. The van der Waals surface area contributed by atoms with Gasteiger partial charge in [-0.3, -0.25) is 19.5 Å². The molecule has 0 saturated heterocycles. The standard InChI is InChI=1S/C28H36N10O2/c1-4-18-8-10-19(11-9-18)15-38-22-23(31-16(2)20-6-5-7-20)33-25(26-36-28(39)40-37-26)34-24(22)35-27(38)32-17(3)21-14-29-12-13-30-21/h4,12-14,16-20H,1,5-11,15H2,2-3H3,(H,36,37,39)(H2,31,32,33,34,35). The quantitative estimate of drug-likeness (QED) is 0.239. The second-order valence-electron chi connectivity index (χ2n) is 11.2. The molecule has 4 heterocycles. The molecule has 0 radical (unpaired) electrons. The molecular formula is C28H36N10O2. The van der Waals surface area contributed by atoms with E-state index in [0.717, 1.165) is 43.4 Å². The Morgan fingerprint density at radius 2 is 1.95 bits per heavy atom. The van der Waals surface area contributed by atoms with Crippen LogP contribution in [0.2, 0.25) is 0 Å². The van der Waals surface area contributed by atoms with Gasteiger partial charge in [-0.05, 0) is 70.1 Å². The molecule has 2 unspecified atom stereocenters. The van der Waals surface area contributed by atoms with Crippen molar-refractivity contribution in [1.82, 2.24) is 39.6 Å². The topological polar surface area (TPSA) is 152 Å². The van der Waals surface area contributed by atoms with Gasteiger partial charge in [-0.15, -0.1) is 6.58 Å². The number of rotatable bonds is 10. The minimum atomic E-state index is -0.656. The average Bonchev–Trinajstić information content (AvgIpc) is 3.52. The second-order valence-corrected chi connectivity index (χ2v) is 11.2. The lowest BCUT2D eigenvalue weighted by atomic mass is 9.80. The van der Waals surface area contributed by atoms with Crippen LogP contribution >= 0.6 is 0 Å². The molecule has 6 rings (SSSR count). The molecule has 2 fully saturated rings. The average molecular weight is 545 g/mol. The van der Waals surface area contributed by atoms with Crippen LogP contribution in [0.5, 0.6) is 0 Å². The van der Waals surface area contributed by atoms with E-state index in [1.54, 1.807) is 18.6 Å². The van der Waals surface area contributed by atoms with Gasteiger partial charge in [0.1, 0.15) is 5.52 Å². The van der Waals surface area contributed by atoms with Crippen molar-refractivity contribution >= 4 is 22.9 Å². The highest BCUT2D eigenvalue weighted by Gasteiger charge is 2.29. The molecule has 12 heteroatoms. The Labute approximate surface area is 232 Å².